The van der Waals surface area contributed by atoms with Gasteiger partial charge in [0.15, 0.2) is 5.13 Å². The van der Waals surface area contributed by atoms with Crippen LogP contribution in [0.4, 0.5) is 5.13 Å². The number of carbonyl (C=O) groups is 1. The first-order chi connectivity index (χ1) is 6.65. The molecule has 0 saturated heterocycles. The molecule has 2 N–H and O–H groups in total. The largest absolute Gasteiger partial charge is 0.477 e. The maximum absolute atomic E-state index is 10.6. The quantitative estimate of drug-likeness (QED) is 0.805. The maximum Gasteiger partial charge on any atom is 0.347 e. The van der Waals surface area contributed by atoms with Gasteiger partial charge >= 0.3 is 5.97 Å². The molecule has 1 aliphatic carbocycles. The molecule has 1 saturated carbocycles. The molecule has 14 heavy (non-hydrogen) atoms. The first-order valence-electron chi connectivity index (χ1n) is 4.61. The first-order valence-corrected chi connectivity index (χ1v) is 5.42. The summed E-state index contributed by atoms with van der Waals surface area (Å²) in [6.45, 7) is 2.21. The van der Waals surface area contributed by atoms with Crippen molar-refractivity contribution in [3.63, 3.8) is 0 Å². The third-order valence-corrected chi connectivity index (χ3v) is 3.33. The molecule has 0 bridgehead atoms. The average Bonchev–Trinajstić information content (AvgIpc) is 2.50. The molecule has 0 unspecified atom stereocenters. The fourth-order valence-electron chi connectivity index (χ4n) is 1.63. The summed E-state index contributed by atoms with van der Waals surface area (Å²) >= 11 is 1.20. The topological polar surface area (TPSA) is 62.2 Å². The summed E-state index contributed by atoms with van der Waals surface area (Å²) in [6.07, 6.45) is 3.71. The summed E-state index contributed by atoms with van der Waals surface area (Å²) in [6, 6.07) is 0.484. The van der Waals surface area contributed by atoms with E-state index in [0.717, 1.165) is 23.9 Å². The summed E-state index contributed by atoms with van der Waals surface area (Å²) in [4.78, 5) is 14.9. The van der Waals surface area contributed by atoms with Crippen molar-refractivity contribution in [3.05, 3.63) is 11.1 Å². The van der Waals surface area contributed by atoms with Crippen LogP contribution >= 0.6 is 11.3 Å². The van der Waals surface area contributed by atoms with Gasteiger partial charge in [-0.1, -0.05) is 18.3 Å². The lowest BCUT2D eigenvalue weighted by Crippen LogP contribution is -2.33. The highest BCUT2D eigenvalue weighted by Crippen LogP contribution is 2.30. The summed E-state index contributed by atoms with van der Waals surface area (Å²) in [7, 11) is 0. The van der Waals surface area contributed by atoms with E-state index in [1.165, 1.54) is 17.5 Å². The second kappa shape index (κ2) is 3.57. The predicted molar refractivity (Wildman–Crippen MR) is 54.9 cm³/mol. The fourth-order valence-corrected chi connectivity index (χ4v) is 2.37. The number of carboxylic acids is 1. The molecule has 76 valence electrons. The molecule has 0 atom stereocenters. The number of rotatable bonds is 3. The average molecular weight is 212 g/mol. The lowest BCUT2D eigenvalue weighted by Gasteiger charge is -2.32. The lowest BCUT2D eigenvalue weighted by atomic mass is 9.82. The minimum Gasteiger partial charge on any atom is -0.477 e. The number of hydrogen-bond donors (Lipinski definition) is 2. The minimum absolute atomic E-state index is 0.292. The van der Waals surface area contributed by atoms with Crippen molar-refractivity contribution in [1.82, 2.24) is 4.98 Å². The highest BCUT2D eigenvalue weighted by atomic mass is 32.1. The molecule has 2 rings (SSSR count). The first kappa shape index (κ1) is 9.45. The Balaban J connectivity index is 1.93. The maximum atomic E-state index is 10.6. The molecule has 1 fully saturated rings. The van der Waals surface area contributed by atoms with Gasteiger partial charge in [0.05, 0.1) is 6.20 Å². The Hall–Kier alpha value is -1.10. The van der Waals surface area contributed by atoms with Gasteiger partial charge in [-0.15, -0.1) is 0 Å². The SMILES string of the molecule is CC1CC(Nc2ncc(C(=O)O)s2)C1. The summed E-state index contributed by atoms with van der Waals surface area (Å²) in [5, 5.41) is 12.6. The molecule has 1 aromatic heterocycles. The minimum atomic E-state index is -0.905. The van der Waals surface area contributed by atoms with Crippen LogP contribution in [0, 0.1) is 5.92 Å². The van der Waals surface area contributed by atoms with Gasteiger partial charge in [-0.05, 0) is 18.8 Å². The Morgan fingerprint density at radius 1 is 1.71 bits per heavy atom. The zero-order valence-electron chi connectivity index (χ0n) is 7.86. The summed E-state index contributed by atoms with van der Waals surface area (Å²) in [5.41, 5.74) is 0. The van der Waals surface area contributed by atoms with Gasteiger partial charge < -0.3 is 10.4 Å². The van der Waals surface area contributed by atoms with E-state index in [0.29, 0.717) is 10.9 Å². The summed E-state index contributed by atoms with van der Waals surface area (Å²) < 4.78 is 0. The highest BCUT2D eigenvalue weighted by Gasteiger charge is 2.25. The molecule has 1 heterocycles. The van der Waals surface area contributed by atoms with Crippen LogP contribution in [0.2, 0.25) is 0 Å². The van der Waals surface area contributed by atoms with E-state index < -0.39 is 5.97 Å². The van der Waals surface area contributed by atoms with Crippen LogP contribution < -0.4 is 5.32 Å². The second-order valence-corrected chi connectivity index (χ2v) is 4.78. The highest BCUT2D eigenvalue weighted by molar-refractivity contribution is 7.17. The predicted octanol–water partition coefficient (Wildman–Crippen LogP) is 2.05. The van der Waals surface area contributed by atoms with Gasteiger partial charge in [0, 0.05) is 6.04 Å². The van der Waals surface area contributed by atoms with Crippen LogP contribution in [0.3, 0.4) is 0 Å². The van der Waals surface area contributed by atoms with Crippen LogP contribution in [-0.2, 0) is 0 Å². The van der Waals surface area contributed by atoms with Crippen LogP contribution in [0.15, 0.2) is 6.20 Å². The van der Waals surface area contributed by atoms with Crippen molar-refractivity contribution < 1.29 is 9.90 Å². The molecule has 4 nitrogen and oxygen atoms in total. The molecule has 5 heteroatoms. The number of nitrogens with one attached hydrogen (secondary N) is 1. The number of thiazole rings is 1. The van der Waals surface area contributed by atoms with Crippen LogP contribution in [0.1, 0.15) is 29.4 Å². The van der Waals surface area contributed by atoms with Crippen LogP contribution in [-0.4, -0.2) is 22.1 Å². The number of aromatic nitrogens is 1. The number of aromatic carboxylic acids is 1. The Morgan fingerprint density at radius 2 is 2.43 bits per heavy atom. The number of anilines is 1. The van der Waals surface area contributed by atoms with E-state index >= 15 is 0 Å². The Kier molecular flexibility index (Phi) is 2.41. The van der Waals surface area contributed by atoms with E-state index in [1.807, 2.05) is 0 Å². The van der Waals surface area contributed by atoms with Gasteiger partial charge in [-0.3, -0.25) is 0 Å². The van der Waals surface area contributed by atoms with E-state index in [4.69, 9.17) is 5.11 Å². The lowest BCUT2D eigenvalue weighted by molar-refractivity contribution is 0.0702. The molecule has 0 spiro atoms. The molecule has 1 aromatic rings. The van der Waals surface area contributed by atoms with Crippen molar-refractivity contribution in [1.29, 1.82) is 0 Å². The van der Waals surface area contributed by atoms with Crippen molar-refractivity contribution >= 4 is 22.4 Å². The third kappa shape index (κ3) is 1.87. The van der Waals surface area contributed by atoms with Crippen LogP contribution in [0.25, 0.3) is 0 Å². The van der Waals surface area contributed by atoms with Gasteiger partial charge in [-0.25, -0.2) is 9.78 Å². The van der Waals surface area contributed by atoms with Gasteiger partial charge in [-0.2, -0.15) is 0 Å². The normalized spacial score (nSPS) is 25.5. The smallest absolute Gasteiger partial charge is 0.347 e. The van der Waals surface area contributed by atoms with Crippen molar-refractivity contribution in [2.45, 2.75) is 25.8 Å². The Morgan fingerprint density at radius 3 is 2.93 bits per heavy atom. The van der Waals surface area contributed by atoms with E-state index in [1.54, 1.807) is 0 Å². The van der Waals surface area contributed by atoms with E-state index in [9.17, 15) is 4.79 Å². The standard InChI is InChI=1S/C9H12N2O2S/c1-5-2-6(3-5)11-9-10-4-7(14-9)8(12)13/h4-6H,2-3H2,1H3,(H,10,11)(H,12,13). The Bertz CT molecular complexity index is 344. The van der Waals surface area contributed by atoms with Gasteiger partial charge in [0.25, 0.3) is 0 Å². The summed E-state index contributed by atoms with van der Waals surface area (Å²) in [5.74, 6) is -0.121. The third-order valence-electron chi connectivity index (χ3n) is 2.42. The molecule has 1 aliphatic rings. The molecule has 0 aliphatic heterocycles. The number of carboxylic acid groups (broad SMARTS) is 1. The monoisotopic (exact) mass is 212 g/mol. The number of hydrogen-bond acceptors (Lipinski definition) is 4. The zero-order valence-corrected chi connectivity index (χ0v) is 8.67. The van der Waals surface area contributed by atoms with E-state index in [-0.39, 0.29) is 0 Å². The molecule has 0 aromatic carbocycles. The zero-order chi connectivity index (χ0) is 10.1. The Labute approximate surface area is 86.0 Å². The van der Waals surface area contributed by atoms with Crippen molar-refractivity contribution in [2.75, 3.05) is 5.32 Å². The van der Waals surface area contributed by atoms with Crippen LogP contribution in [0.5, 0.6) is 0 Å². The van der Waals surface area contributed by atoms with Crippen molar-refractivity contribution in [2.24, 2.45) is 5.92 Å². The molecular weight excluding hydrogens is 200 g/mol. The van der Waals surface area contributed by atoms with Crippen molar-refractivity contribution in [3.8, 4) is 0 Å². The fraction of sp³-hybridized carbons (Fsp3) is 0.556. The van der Waals surface area contributed by atoms with E-state index in [2.05, 4.69) is 17.2 Å². The van der Waals surface area contributed by atoms with Gasteiger partial charge in [0.1, 0.15) is 4.88 Å². The molecule has 0 radical (unpaired) electrons. The van der Waals surface area contributed by atoms with Gasteiger partial charge in [0.2, 0.25) is 0 Å². The molecular formula is C9H12N2O2S. The second-order valence-electron chi connectivity index (χ2n) is 3.75. The molecule has 0 amide bonds. The number of nitrogens with zero attached hydrogens (tertiary/aromatic N) is 1.